The number of rotatable bonds is 7. The van der Waals surface area contributed by atoms with Gasteiger partial charge in [0.05, 0.1) is 15.7 Å². The Labute approximate surface area is 208 Å². The van der Waals surface area contributed by atoms with Crippen molar-refractivity contribution >= 4 is 68.4 Å². The van der Waals surface area contributed by atoms with Gasteiger partial charge in [0.25, 0.3) is 11.8 Å². The monoisotopic (exact) mass is 543 g/mol. The molecular formula is C24H16BrCl2N3O3. The predicted octanol–water partition coefficient (Wildman–Crippen LogP) is 6.32. The molecule has 0 spiro atoms. The average molecular weight is 545 g/mol. The Morgan fingerprint density at radius 2 is 1.73 bits per heavy atom. The molecule has 0 aliphatic carbocycles. The highest BCUT2D eigenvalue weighted by molar-refractivity contribution is 9.10. The van der Waals surface area contributed by atoms with E-state index in [-0.39, 0.29) is 18.1 Å². The molecule has 2 N–H and O–H groups in total. The van der Waals surface area contributed by atoms with Crippen molar-refractivity contribution in [2.24, 2.45) is 0 Å². The Morgan fingerprint density at radius 3 is 2.39 bits per heavy atom. The van der Waals surface area contributed by atoms with Gasteiger partial charge in [-0.15, -0.1) is 0 Å². The standard InChI is InChI=1S/C24H16BrCl2N3O3/c25-19-3-1-2-4-22(19)30-24(32)16(13-28)11-15-5-8-18(9-6-15)33-14-23(31)29-17-7-10-20(26)21(27)12-17/h1-12H,14H2,(H,29,31)(H,30,32)/b16-11+. The molecule has 0 radical (unpaired) electrons. The summed E-state index contributed by atoms with van der Waals surface area (Å²) in [6.45, 7) is -0.215. The molecule has 0 aliphatic rings. The van der Waals surface area contributed by atoms with Gasteiger partial charge in [-0.3, -0.25) is 9.59 Å². The summed E-state index contributed by atoms with van der Waals surface area (Å²) in [5, 5.41) is 15.5. The number of carbonyl (C=O) groups is 2. The van der Waals surface area contributed by atoms with E-state index in [4.69, 9.17) is 27.9 Å². The molecular weight excluding hydrogens is 529 g/mol. The fourth-order valence-electron chi connectivity index (χ4n) is 2.65. The number of ether oxygens (including phenoxy) is 1. The first kappa shape index (κ1) is 24.3. The van der Waals surface area contributed by atoms with Crippen molar-refractivity contribution in [3.05, 3.63) is 92.4 Å². The number of hydrogen-bond donors (Lipinski definition) is 2. The lowest BCUT2D eigenvalue weighted by molar-refractivity contribution is -0.118. The summed E-state index contributed by atoms with van der Waals surface area (Å²) in [6.07, 6.45) is 1.47. The molecule has 33 heavy (non-hydrogen) atoms. The molecule has 0 bridgehead atoms. The molecule has 0 fully saturated rings. The van der Waals surface area contributed by atoms with Gasteiger partial charge >= 0.3 is 0 Å². The Kier molecular flexibility index (Phi) is 8.50. The third kappa shape index (κ3) is 7.09. The minimum absolute atomic E-state index is 0.0552. The molecule has 3 rings (SSSR count). The maximum atomic E-state index is 12.4. The molecule has 3 aromatic rings. The van der Waals surface area contributed by atoms with Gasteiger partial charge in [0.15, 0.2) is 6.61 Å². The van der Waals surface area contributed by atoms with Crippen molar-refractivity contribution in [2.45, 2.75) is 0 Å². The topological polar surface area (TPSA) is 91.2 Å². The predicted molar refractivity (Wildman–Crippen MR) is 133 cm³/mol. The van der Waals surface area contributed by atoms with Crippen LogP contribution in [0.4, 0.5) is 11.4 Å². The van der Waals surface area contributed by atoms with Gasteiger partial charge in [-0.05, 0) is 70.0 Å². The minimum atomic E-state index is -0.524. The molecule has 2 amide bonds. The van der Waals surface area contributed by atoms with Gasteiger partial charge in [-0.2, -0.15) is 5.26 Å². The Bertz CT molecular complexity index is 1250. The summed E-state index contributed by atoms with van der Waals surface area (Å²) in [6, 6.07) is 20.4. The maximum Gasteiger partial charge on any atom is 0.266 e. The number of amides is 2. The minimum Gasteiger partial charge on any atom is -0.484 e. The molecule has 9 heteroatoms. The molecule has 6 nitrogen and oxygen atoms in total. The summed E-state index contributed by atoms with van der Waals surface area (Å²) in [4.78, 5) is 24.5. The van der Waals surface area contributed by atoms with Crippen molar-refractivity contribution in [3.8, 4) is 11.8 Å². The van der Waals surface area contributed by atoms with Crippen LogP contribution in [0.1, 0.15) is 5.56 Å². The van der Waals surface area contributed by atoms with Crippen LogP contribution in [-0.4, -0.2) is 18.4 Å². The number of nitrogens with one attached hydrogen (secondary N) is 2. The molecule has 0 aliphatic heterocycles. The summed E-state index contributed by atoms with van der Waals surface area (Å²) < 4.78 is 6.19. The number of halogens is 3. The van der Waals surface area contributed by atoms with E-state index < -0.39 is 5.91 Å². The van der Waals surface area contributed by atoms with Crippen molar-refractivity contribution in [2.75, 3.05) is 17.2 Å². The van der Waals surface area contributed by atoms with Crippen LogP contribution in [0, 0.1) is 11.3 Å². The Balaban J connectivity index is 1.58. The number of para-hydroxylation sites is 1. The van der Waals surface area contributed by atoms with E-state index in [0.717, 1.165) is 0 Å². The van der Waals surface area contributed by atoms with Gasteiger partial charge in [-0.1, -0.05) is 47.5 Å². The summed E-state index contributed by atoms with van der Waals surface area (Å²) in [5.41, 5.74) is 1.64. The number of benzene rings is 3. The molecule has 0 aromatic heterocycles. The highest BCUT2D eigenvalue weighted by Gasteiger charge is 2.11. The highest BCUT2D eigenvalue weighted by Crippen LogP contribution is 2.25. The van der Waals surface area contributed by atoms with Crippen molar-refractivity contribution in [1.29, 1.82) is 5.26 Å². The average Bonchev–Trinajstić information content (AvgIpc) is 2.80. The van der Waals surface area contributed by atoms with Crippen molar-refractivity contribution in [3.63, 3.8) is 0 Å². The zero-order chi connectivity index (χ0) is 23.8. The van der Waals surface area contributed by atoms with Crippen LogP contribution in [0.2, 0.25) is 10.0 Å². The summed E-state index contributed by atoms with van der Waals surface area (Å²) in [5.74, 6) is -0.441. The fourth-order valence-corrected chi connectivity index (χ4v) is 3.33. The van der Waals surface area contributed by atoms with E-state index in [9.17, 15) is 14.9 Å². The van der Waals surface area contributed by atoms with Crippen molar-refractivity contribution in [1.82, 2.24) is 0 Å². The first-order valence-electron chi connectivity index (χ1n) is 9.51. The lowest BCUT2D eigenvalue weighted by atomic mass is 10.1. The van der Waals surface area contributed by atoms with E-state index in [1.807, 2.05) is 12.1 Å². The first-order chi connectivity index (χ1) is 15.9. The zero-order valence-corrected chi connectivity index (χ0v) is 20.0. The molecule has 0 unspecified atom stereocenters. The van der Waals surface area contributed by atoms with Crippen LogP contribution < -0.4 is 15.4 Å². The Hall–Kier alpha value is -3.31. The van der Waals surface area contributed by atoms with Crippen LogP contribution in [-0.2, 0) is 9.59 Å². The summed E-state index contributed by atoms with van der Waals surface area (Å²) >= 11 is 15.1. The zero-order valence-electron chi connectivity index (χ0n) is 16.9. The van der Waals surface area contributed by atoms with E-state index in [2.05, 4.69) is 26.6 Å². The maximum absolute atomic E-state index is 12.4. The van der Waals surface area contributed by atoms with E-state index in [1.54, 1.807) is 60.7 Å². The van der Waals surface area contributed by atoms with Crippen LogP contribution in [0.15, 0.2) is 76.8 Å². The van der Waals surface area contributed by atoms with E-state index in [0.29, 0.717) is 37.2 Å². The van der Waals surface area contributed by atoms with Gasteiger partial charge in [0, 0.05) is 10.2 Å². The number of carbonyl (C=O) groups excluding carboxylic acids is 2. The van der Waals surface area contributed by atoms with E-state index in [1.165, 1.54) is 6.08 Å². The highest BCUT2D eigenvalue weighted by atomic mass is 79.9. The second kappa shape index (κ2) is 11.5. The quantitative estimate of drug-likeness (QED) is 0.269. The van der Waals surface area contributed by atoms with Gasteiger partial charge in [0.2, 0.25) is 0 Å². The van der Waals surface area contributed by atoms with Crippen LogP contribution in [0.25, 0.3) is 6.08 Å². The molecule has 0 saturated heterocycles. The lowest BCUT2D eigenvalue weighted by Gasteiger charge is -2.09. The van der Waals surface area contributed by atoms with E-state index >= 15 is 0 Å². The first-order valence-corrected chi connectivity index (χ1v) is 11.1. The normalized spacial score (nSPS) is 10.8. The lowest BCUT2D eigenvalue weighted by Crippen LogP contribution is -2.20. The largest absolute Gasteiger partial charge is 0.484 e. The summed E-state index contributed by atoms with van der Waals surface area (Å²) in [7, 11) is 0. The van der Waals surface area contributed by atoms with Crippen LogP contribution in [0.5, 0.6) is 5.75 Å². The fraction of sp³-hybridized carbons (Fsp3) is 0.0417. The number of nitriles is 1. The molecule has 3 aromatic carbocycles. The second-order valence-electron chi connectivity index (χ2n) is 6.64. The third-order valence-electron chi connectivity index (χ3n) is 4.25. The molecule has 0 saturated carbocycles. The van der Waals surface area contributed by atoms with Crippen molar-refractivity contribution < 1.29 is 14.3 Å². The number of nitrogens with zero attached hydrogens (tertiary/aromatic N) is 1. The van der Waals surface area contributed by atoms with Gasteiger partial charge in [-0.25, -0.2) is 0 Å². The Morgan fingerprint density at radius 1 is 1.00 bits per heavy atom. The smallest absolute Gasteiger partial charge is 0.266 e. The van der Waals surface area contributed by atoms with Crippen LogP contribution in [0.3, 0.4) is 0 Å². The molecule has 0 atom stereocenters. The van der Waals surface area contributed by atoms with Gasteiger partial charge < -0.3 is 15.4 Å². The SMILES string of the molecule is N#C/C(=C\c1ccc(OCC(=O)Nc2ccc(Cl)c(Cl)c2)cc1)C(=O)Nc1ccccc1Br. The number of anilines is 2. The van der Waals surface area contributed by atoms with Crippen LogP contribution >= 0.6 is 39.1 Å². The molecule has 0 heterocycles. The third-order valence-corrected chi connectivity index (χ3v) is 5.68. The number of hydrogen-bond acceptors (Lipinski definition) is 4. The van der Waals surface area contributed by atoms with Gasteiger partial charge in [0.1, 0.15) is 17.4 Å². The second-order valence-corrected chi connectivity index (χ2v) is 8.31. The molecule has 166 valence electrons.